The summed E-state index contributed by atoms with van der Waals surface area (Å²) in [6.45, 7) is 1.32. The number of alkyl halides is 3. The van der Waals surface area contributed by atoms with E-state index in [2.05, 4.69) is 0 Å². The minimum absolute atomic E-state index is 0.0245. The van der Waals surface area contributed by atoms with Crippen molar-refractivity contribution in [2.24, 2.45) is 0 Å². The highest BCUT2D eigenvalue weighted by atomic mass is 32.2. The number of methoxy groups -OCH3 is 1. The first-order chi connectivity index (χ1) is 11.5. The molecule has 0 aliphatic carbocycles. The van der Waals surface area contributed by atoms with Gasteiger partial charge in [0.2, 0.25) is 0 Å². The van der Waals surface area contributed by atoms with Gasteiger partial charge < -0.3 is 9.64 Å². The third-order valence-corrected chi connectivity index (χ3v) is 5.35. The van der Waals surface area contributed by atoms with E-state index in [0.717, 1.165) is 17.5 Å². The fraction of sp³-hybridized carbons (Fsp3) is 0.375. The Labute approximate surface area is 145 Å². The van der Waals surface area contributed by atoms with E-state index in [4.69, 9.17) is 4.74 Å². The van der Waals surface area contributed by atoms with Crippen LogP contribution in [0.1, 0.15) is 18.4 Å². The minimum Gasteiger partial charge on any atom is -0.496 e. The first-order valence-corrected chi connectivity index (χ1v) is 8.75. The summed E-state index contributed by atoms with van der Waals surface area (Å²) >= 11 is 0. The van der Waals surface area contributed by atoms with Crippen molar-refractivity contribution in [2.45, 2.75) is 18.3 Å². The molecule has 0 N–H and O–H groups in total. The van der Waals surface area contributed by atoms with Crippen molar-refractivity contribution in [3.05, 3.63) is 47.8 Å². The summed E-state index contributed by atoms with van der Waals surface area (Å²) < 4.78 is 67.0. The summed E-state index contributed by atoms with van der Waals surface area (Å²) in [5, 5.41) is 0. The largest absolute Gasteiger partial charge is 0.517 e. The zero-order chi connectivity index (χ0) is 19.0. The number of sulfonamides is 1. The Balaban J connectivity index is 2.39. The fourth-order valence-corrected chi connectivity index (χ4v) is 3.40. The molecular formula is C16H19F3N2O3S. The number of nitrogens with zero attached hydrogens (tertiary/aromatic N) is 2. The third-order valence-electron chi connectivity index (χ3n) is 3.84. The molecule has 0 bridgehead atoms. The zero-order valence-electron chi connectivity index (χ0n) is 14.2. The number of anilines is 1. The molecule has 1 unspecified atom stereocenters. The maximum Gasteiger partial charge on any atom is 0.517 e. The molecule has 2 rings (SSSR count). The second-order valence-corrected chi connectivity index (χ2v) is 7.55. The maximum atomic E-state index is 12.7. The monoisotopic (exact) mass is 376 g/mol. The van der Waals surface area contributed by atoms with E-state index in [1.807, 2.05) is 31.1 Å². The van der Waals surface area contributed by atoms with Crippen molar-refractivity contribution in [2.75, 3.05) is 26.1 Å². The molecule has 0 spiro atoms. The van der Waals surface area contributed by atoms with Gasteiger partial charge in [0.1, 0.15) is 5.75 Å². The van der Waals surface area contributed by atoms with Gasteiger partial charge in [0, 0.05) is 49.2 Å². The standard InChI is InChI=1S/C16H19F3N2O3S/c1-11-9-12(7-8-21(11)25(22,23)16(17,18)19)14-6-5-13(20(2)3)10-15(14)24-4/h5-10,12H,1-4H3. The molecule has 5 nitrogen and oxygen atoms in total. The van der Waals surface area contributed by atoms with E-state index in [-0.39, 0.29) is 10.0 Å². The molecule has 0 saturated carbocycles. The molecule has 0 aromatic heterocycles. The topological polar surface area (TPSA) is 49.9 Å². The van der Waals surface area contributed by atoms with Gasteiger partial charge in [-0.2, -0.15) is 21.6 Å². The molecule has 0 amide bonds. The van der Waals surface area contributed by atoms with Crippen LogP contribution in [0.15, 0.2) is 42.2 Å². The van der Waals surface area contributed by atoms with Crippen LogP contribution in [0, 0.1) is 0 Å². The number of rotatable bonds is 4. The van der Waals surface area contributed by atoms with Crippen molar-refractivity contribution in [1.29, 1.82) is 0 Å². The Kier molecular flexibility index (Phi) is 5.08. The number of hydrogen-bond donors (Lipinski definition) is 0. The van der Waals surface area contributed by atoms with E-state index in [0.29, 0.717) is 5.75 Å². The van der Waals surface area contributed by atoms with Crippen LogP contribution in [-0.2, 0) is 10.0 Å². The molecule has 0 fully saturated rings. The minimum atomic E-state index is -5.45. The molecule has 25 heavy (non-hydrogen) atoms. The van der Waals surface area contributed by atoms with Crippen molar-refractivity contribution in [3.8, 4) is 5.75 Å². The fourth-order valence-electron chi connectivity index (χ4n) is 2.51. The average molecular weight is 376 g/mol. The summed E-state index contributed by atoms with van der Waals surface area (Å²) in [6, 6.07) is 5.47. The highest BCUT2D eigenvalue weighted by Crippen LogP contribution is 2.37. The van der Waals surface area contributed by atoms with Gasteiger partial charge in [0.15, 0.2) is 0 Å². The molecule has 1 aromatic rings. The van der Waals surface area contributed by atoms with Crippen LogP contribution >= 0.6 is 0 Å². The van der Waals surface area contributed by atoms with Gasteiger partial charge in [0.25, 0.3) is 0 Å². The Morgan fingerprint density at radius 2 is 1.88 bits per heavy atom. The van der Waals surface area contributed by atoms with E-state index in [9.17, 15) is 21.6 Å². The first-order valence-electron chi connectivity index (χ1n) is 7.31. The van der Waals surface area contributed by atoms with Crippen LogP contribution in [0.4, 0.5) is 18.9 Å². The van der Waals surface area contributed by atoms with Gasteiger partial charge in [-0.05, 0) is 13.0 Å². The van der Waals surface area contributed by atoms with Crippen LogP contribution in [0.3, 0.4) is 0 Å². The maximum absolute atomic E-state index is 12.7. The van der Waals surface area contributed by atoms with Crippen LogP contribution < -0.4 is 9.64 Å². The lowest BCUT2D eigenvalue weighted by Gasteiger charge is -2.28. The van der Waals surface area contributed by atoms with Gasteiger partial charge in [-0.25, -0.2) is 4.31 Å². The smallest absolute Gasteiger partial charge is 0.496 e. The summed E-state index contributed by atoms with van der Waals surface area (Å²) in [7, 11) is -0.198. The lowest BCUT2D eigenvalue weighted by atomic mass is 9.95. The number of ether oxygens (including phenoxy) is 1. The van der Waals surface area contributed by atoms with Gasteiger partial charge in [0.05, 0.1) is 7.11 Å². The predicted octanol–water partition coefficient (Wildman–Crippen LogP) is 3.43. The molecule has 0 radical (unpaired) electrons. The van der Waals surface area contributed by atoms with Gasteiger partial charge in [-0.3, -0.25) is 0 Å². The number of halogens is 3. The van der Waals surface area contributed by atoms with E-state index >= 15 is 0 Å². The Morgan fingerprint density at radius 1 is 1.24 bits per heavy atom. The number of hydrogen-bond acceptors (Lipinski definition) is 4. The molecule has 1 atom stereocenters. The Bertz CT molecular complexity index is 814. The van der Waals surface area contributed by atoms with E-state index < -0.39 is 21.4 Å². The molecule has 1 aromatic carbocycles. The molecular weight excluding hydrogens is 357 g/mol. The van der Waals surface area contributed by atoms with Crippen LogP contribution in [0.25, 0.3) is 0 Å². The van der Waals surface area contributed by atoms with Gasteiger partial charge in [-0.15, -0.1) is 0 Å². The molecule has 0 saturated heterocycles. The summed E-state index contributed by atoms with van der Waals surface area (Å²) in [6.07, 6.45) is 3.78. The Hall–Kier alpha value is -2.16. The van der Waals surface area contributed by atoms with Crippen molar-refractivity contribution < 1.29 is 26.3 Å². The lowest BCUT2D eigenvalue weighted by Crippen LogP contribution is -2.37. The number of allylic oxidation sites excluding steroid dienone is 3. The number of benzene rings is 1. The van der Waals surface area contributed by atoms with Gasteiger partial charge >= 0.3 is 15.5 Å². The van der Waals surface area contributed by atoms with E-state index in [1.165, 1.54) is 26.2 Å². The highest BCUT2D eigenvalue weighted by molar-refractivity contribution is 7.90. The lowest BCUT2D eigenvalue weighted by molar-refractivity contribution is -0.0471. The van der Waals surface area contributed by atoms with Crippen LogP contribution in [0.5, 0.6) is 5.75 Å². The Morgan fingerprint density at radius 3 is 2.36 bits per heavy atom. The quantitative estimate of drug-likeness (QED) is 0.808. The zero-order valence-corrected chi connectivity index (χ0v) is 15.0. The summed E-state index contributed by atoms with van der Waals surface area (Å²) in [5.74, 6) is 0.169. The highest BCUT2D eigenvalue weighted by Gasteiger charge is 2.50. The molecule has 1 aliphatic rings. The van der Waals surface area contributed by atoms with Crippen LogP contribution in [0.2, 0.25) is 0 Å². The van der Waals surface area contributed by atoms with Gasteiger partial charge in [-0.1, -0.05) is 18.2 Å². The van der Waals surface area contributed by atoms with Crippen molar-refractivity contribution >= 4 is 15.7 Å². The normalized spacial score (nSPS) is 18.1. The second-order valence-electron chi connectivity index (χ2n) is 5.74. The predicted molar refractivity (Wildman–Crippen MR) is 89.8 cm³/mol. The summed E-state index contributed by atoms with van der Waals surface area (Å²) in [4.78, 5) is 1.89. The summed E-state index contributed by atoms with van der Waals surface area (Å²) in [5.41, 5.74) is -3.75. The molecule has 9 heteroatoms. The first kappa shape index (κ1) is 19.2. The van der Waals surface area contributed by atoms with E-state index in [1.54, 1.807) is 6.07 Å². The molecule has 1 heterocycles. The van der Waals surface area contributed by atoms with Crippen LogP contribution in [-0.4, -0.2) is 39.4 Å². The van der Waals surface area contributed by atoms with Crippen molar-refractivity contribution in [3.63, 3.8) is 0 Å². The molecule has 1 aliphatic heterocycles. The second kappa shape index (κ2) is 6.62. The average Bonchev–Trinajstić information content (AvgIpc) is 2.52. The van der Waals surface area contributed by atoms with Crippen molar-refractivity contribution in [1.82, 2.24) is 4.31 Å². The molecule has 138 valence electrons. The SMILES string of the molecule is COc1cc(N(C)C)ccc1C1C=CN(S(=O)(=O)C(F)(F)F)C(C)=C1. The third kappa shape index (κ3) is 3.60.